The first-order valence-electron chi connectivity index (χ1n) is 7.65. The van der Waals surface area contributed by atoms with Crippen LogP contribution in [0.2, 0.25) is 0 Å². The second kappa shape index (κ2) is 7.82. The lowest BCUT2D eigenvalue weighted by Gasteiger charge is -2.29. The third kappa shape index (κ3) is 5.02. The molecule has 1 aromatic rings. The summed E-state index contributed by atoms with van der Waals surface area (Å²) in [6.45, 7) is 5.41. The lowest BCUT2D eigenvalue weighted by Crippen LogP contribution is -2.42. The molecule has 0 radical (unpaired) electrons. The standard InChI is InChI=1S/C16H24F2N2O/c1-12(11-20-7-3-2-4-8-20)19-10-16(21)14-9-13(17)5-6-15(14)18/h5-6,9,12,16,19,21H,2-4,7-8,10-11H2,1H3. The summed E-state index contributed by atoms with van der Waals surface area (Å²) in [5.74, 6) is -1.11. The molecule has 0 bridgehead atoms. The van der Waals surface area contributed by atoms with E-state index in [2.05, 4.69) is 10.2 Å². The lowest BCUT2D eigenvalue weighted by atomic mass is 10.1. The number of likely N-dealkylation sites (tertiary alicyclic amines) is 1. The molecule has 1 heterocycles. The molecule has 3 nitrogen and oxygen atoms in total. The van der Waals surface area contributed by atoms with Gasteiger partial charge in [0, 0.05) is 24.7 Å². The quantitative estimate of drug-likeness (QED) is 0.847. The van der Waals surface area contributed by atoms with E-state index in [1.807, 2.05) is 6.92 Å². The van der Waals surface area contributed by atoms with Crippen LogP contribution in [-0.2, 0) is 0 Å². The number of benzene rings is 1. The SMILES string of the molecule is CC(CN1CCCCC1)NCC(O)c1cc(F)ccc1F. The molecular weight excluding hydrogens is 274 g/mol. The summed E-state index contributed by atoms with van der Waals surface area (Å²) < 4.78 is 26.7. The molecule has 1 saturated heterocycles. The van der Waals surface area contributed by atoms with Crippen LogP contribution in [0.15, 0.2) is 18.2 Å². The molecule has 2 atom stereocenters. The Morgan fingerprint density at radius 2 is 1.95 bits per heavy atom. The van der Waals surface area contributed by atoms with Gasteiger partial charge in [0.25, 0.3) is 0 Å². The normalized spacial score (nSPS) is 19.4. The summed E-state index contributed by atoms with van der Waals surface area (Å²) >= 11 is 0. The number of hydrogen-bond acceptors (Lipinski definition) is 3. The molecule has 0 spiro atoms. The highest BCUT2D eigenvalue weighted by atomic mass is 19.1. The zero-order chi connectivity index (χ0) is 15.2. The molecular formula is C16H24F2N2O. The van der Waals surface area contributed by atoms with E-state index in [4.69, 9.17) is 0 Å². The molecule has 1 aliphatic heterocycles. The van der Waals surface area contributed by atoms with Gasteiger partial charge in [0.2, 0.25) is 0 Å². The average molecular weight is 298 g/mol. The molecule has 2 N–H and O–H groups in total. The van der Waals surface area contributed by atoms with Crippen LogP contribution >= 0.6 is 0 Å². The summed E-state index contributed by atoms with van der Waals surface area (Å²) in [6.07, 6.45) is 2.74. The van der Waals surface area contributed by atoms with Crippen molar-refractivity contribution in [2.75, 3.05) is 26.2 Å². The fourth-order valence-electron chi connectivity index (χ4n) is 2.79. The fraction of sp³-hybridized carbons (Fsp3) is 0.625. The Kier molecular flexibility index (Phi) is 6.08. The average Bonchev–Trinajstić information content (AvgIpc) is 2.48. The van der Waals surface area contributed by atoms with E-state index in [0.717, 1.165) is 37.8 Å². The molecule has 0 aliphatic carbocycles. The minimum atomic E-state index is -1.04. The second-order valence-corrected chi connectivity index (χ2v) is 5.85. The van der Waals surface area contributed by atoms with Gasteiger partial charge < -0.3 is 15.3 Å². The van der Waals surface area contributed by atoms with Gasteiger partial charge in [-0.25, -0.2) is 8.78 Å². The third-order valence-electron chi connectivity index (χ3n) is 3.96. The Morgan fingerprint density at radius 3 is 2.67 bits per heavy atom. The van der Waals surface area contributed by atoms with Crippen molar-refractivity contribution < 1.29 is 13.9 Å². The number of piperidine rings is 1. The van der Waals surface area contributed by atoms with E-state index in [-0.39, 0.29) is 18.2 Å². The van der Waals surface area contributed by atoms with Gasteiger partial charge in [-0.15, -0.1) is 0 Å². The Balaban J connectivity index is 1.79. The molecule has 2 rings (SSSR count). The van der Waals surface area contributed by atoms with Crippen LogP contribution in [0.1, 0.15) is 37.9 Å². The van der Waals surface area contributed by atoms with Crippen molar-refractivity contribution in [1.82, 2.24) is 10.2 Å². The van der Waals surface area contributed by atoms with E-state index in [9.17, 15) is 13.9 Å². The lowest BCUT2D eigenvalue weighted by molar-refractivity contribution is 0.155. The molecule has 0 amide bonds. The molecule has 1 aliphatic rings. The van der Waals surface area contributed by atoms with Crippen LogP contribution in [-0.4, -0.2) is 42.2 Å². The Bertz CT molecular complexity index is 450. The molecule has 21 heavy (non-hydrogen) atoms. The summed E-state index contributed by atoms with van der Waals surface area (Å²) in [4.78, 5) is 2.40. The highest BCUT2D eigenvalue weighted by Gasteiger charge is 2.17. The maximum absolute atomic E-state index is 13.6. The van der Waals surface area contributed by atoms with Crippen molar-refractivity contribution in [2.45, 2.75) is 38.3 Å². The Labute approximate surface area is 125 Å². The van der Waals surface area contributed by atoms with Gasteiger partial charge in [0.1, 0.15) is 11.6 Å². The van der Waals surface area contributed by atoms with Crippen molar-refractivity contribution in [3.63, 3.8) is 0 Å². The summed E-state index contributed by atoms with van der Waals surface area (Å²) in [5.41, 5.74) is 0.00710. The number of nitrogens with one attached hydrogen (secondary N) is 1. The Morgan fingerprint density at radius 1 is 1.24 bits per heavy atom. The maximum atomic E-state index is 13.6. The molecule has 118 valence electrons. The smallest absolute Gasteiger partial charge is 0.129 e. The predicted octanol–water partition coefficient (Wildman–Crippen LogP) is 2.46. The van der Waals surface area contributed by atoms with Crippen molar-refractivity contribution >= 4 is 0 Å². The minimum absolute atomic E-state index is 0.00710. The number of hydrogen-bond donors (Lipinski definition) is 2. The predicted molar refractivity (Wildman–Crippen MR) is 79.1 cm³/mol. The molecule has 0 aromatic heterocycles. The van der Waals surface area contributed by atoms with Gasteiger partial charge in [-0.3, -0.25) is 0 Å². The van der Waals surface area contributed by atoms with Gasteiger partial charge in [0.05, 0.1) is 6.10 Å². The molecule has 1 fully saturated rings. The molecule has 0 saturated carbocycles. The van der Waals surface area contributed by atoms with Crippen LogP contribution in [0.25, 0.3) is 0 Å². The van der Waals surface area contributed by atoms with Crippen LogP contribution in [0.5, 0.6) is 0 Å². The number of aliphatic hydroxyl groups excluding tert-OH is 1. The van der Waals surface area contributed by atoms with E-state index in [1.54, 1.807) is 0 Å². The minimum Gasteiger partial charge on any atom is -0.387 e. The zero-order valence-electron chi connectivity index (χ0n) is 12.5. The summed E-state index contributed by atoms with van der Waals surface area (Å²) in [7, 11) is 0. The van der Waals surface area contributed by atoms with Crippen LogP contribution < -0.4 is 5.32 Å². The van der Waals surface area contributed by atoms with Gasteiger partial charge in [-0.2, -0.15) is 0 Å². The monoisotopic (exact) mass is 298 g/mol. The molecule has 1 aromatic carbocycles. The van der Waals surface area contributed by atoms with E-state index < -0.39 is 17.7 Å². The second-order valence-electron chi connectivity index (χ2n) is 5.85. The van der Waals surface area contributed by atoms with Crippen LogP contribution in [0.4, 0.5) is 8.78 Å². The highest BCUT2D eigenvalue weighted by Crippen LogP contribution is 2.18. The first-order valence-corrected chi connectivity index (χ1v) is 7.65. The Hall–Kier alpha value is -1.04. The molecule has 2 unspecified atom stereocenters. The number of aliphatic hydroxyl groups is 1. The van der Waals surface area contributed by atoms with E-state index >= 15 is 0 Å². The first-order chi connectivity index (χ1) is 10.1. The topological polar surface area (TPSA) is 35.5 Å². The van der Waals surface area contributed by atoms with Crippen LogP contribution in [0, 0.1) is 11.6 Å². The summed E-state index contributed by atoms with van der Waals surface area (Å²) in [5, 5.41) is 13.2. The first kappa shape index (κ1) is 16.3. The van der Waals surface area contributed by atoms with Crippen LogP contribution in [0.3, 0.4) is 0 Å². The number of rotatable bonds is 6. The maximum Gasteiger partial charge on any atom is 0.129 e. The third-order valence-corrected chi connectivity index (χ3v) is 3.96. The summed E-state index contributed by atoms with van der Waals surface area (Å²) in [6, 6.07) is 3.36. The largest absolute Gasteiger partial charge is 0.387 e. The number of halogens is 2. The van der Waals surface area contributed by atoms with E-state index in [1.165, 1.54) is 19.3 Å². The van der Waals surface area contributed by atoms with Crippen molar-refractivity contribution in [1.29, 1.82) is 0 Å². The fourth-order valence-corrected chi connectivity index (χ4v) is 2.79. The van der Waals surface area contributed by atoms with Gasteiger partial charge in [-0.1, -0.05) is 6.42 Å². The zero-order valence-corrected chi connectivity index (χ0v) is 12.5. The van der Waals surface area contributed by atoms with Gasteiger partial charge in [-0.05, 0) is 51.1 Å². The molecule has 5 heteroatoms. The van der Waals surface area contributed by atoms with Crippen molar-refractivity contribution in [3.05, 3.63) is 35.4 Å². The van der Waals surface area contributed by atoms with E-state index in [0.29, 0.717) is 0 Å². The van der Waals surface area contributed by atoms with Crippen molar-refractivity contribution in [2.24, 2.45) is 0 Å². The van der Waals surface area contributed by atoms with Crippen molar-refractivity contribution in [3.8, 4) is 0 Å². The highest BCUT2D eigenvalue weighted by molar-refractivity contribution is 5.21. The number of nitrogens with zero attached hydrogens (tertiary/aromatic N) is 1. The van der Waals surface area contributed by atoms with Gasteiger partial charge >= 0.3 is 0 Å². The van der Waals surface area contributed by atoms with Gasteiger partial charge in [0.15, 0.2) is 0 Å².